The number of fused-ring (bicyclic) bond motifs is 4. The molecule has 1 heterocycles. The molecule has 0 aliphatic carbocycles. The van der Waals surface area contributed by atoms with Crippen molar-refractivity contribution in [2.45, 2.75) is 4.90 Å². The van der Waals surface area contributed by atoms with Crippen LogP contribution < -0.4 is 0 Å². The van der Waals surface area contributed by atoms with Gasteiger partial charge in [0.1, 0.15) is 10.1 Å². The SMILES string of the molecule is O=S(=O)([O-])c1cccc2c1ccc1nc3ccccc3nc12. The molecule has 0 spiro atoms. The van der Waals surface area contributed by atoms with Gasteiger partial charge >= 0.3 is 0 Å². The smallest absolute Gasteiger partial charge is 0.125 e. The first kappa shape index (κ1) is 13.1. The first-order chi connectivity index (χ1) is 10.5. The van der Waals surface area contributed by atoms with E-state index in [9.17, 15) is 13.0 Å². The molecule has 0 saturated carbocycles. The van der Waals surface area contributed by atoms with Crippen LogP contribution in [0, 0.1) is 0 Å². The van der Waals surface area contributed by atoms with Crippen molar-refractivity contribution >= 4 is 43.0 Å². The standard InChI is InChI=1S/C16H10N2O3S/c19-22(20,21)15-7-3-4-11-10(15)8-9-14-16(11)18-13-6-2-1-5-12(13)17-14/h1-9H,(H,19,20,21)/p-1. The van der Waals surface area contributed by atoms with E-state index < -0.39 is 10.1 Å². The molecule has 22 heavy (non-hydrogen) atoms. The van der Waals surface area contributed by atoms with Crippen LogP contribution in [0.15, 0.2) is 59.5 Å². The lowest BCUT2D eigenvalue weighted by molar-refractivity contribution is 0.464. The van der Waals surface area contributed by atoms with Gasteiger partial charge in [0.15, 0.2) is 0 Å². The first-order valence-electron chi connectivity index (χ1n) is 6.58. The number of nitrogens with zero attached hydrogens (tertiary/aromatic N) is 2. The highest BCUT2D eigenvalue weighted by atomic mass is 32.2. The van der Waals surface area contributed by atoms with Crippen LogP contribution in [-0.4, -0.2) is 22.9 Å². The van der Waals surface area contributed by atoms with Gasteiger partial charge in [0, 0.05) is 10.8 Å². The summed E-state index contributed by atoms with van der Waals surface area (Å²) in [4.78, 5) is 8.86. The first-order valence-corrected chi connectivity index (χ1v) is 7.99. The van der Waals surface area contributed by atoms with Crippen molar-refractivity contribution in [1.82, 2.24) is 9.97 Å². The summed E-state index contributed by atoms with van der Waals surface area (Å²) in [6.07, 6.45) is 0. The van der Waals surface area contributed by atoms with Gasteiger partial charge in [-0.05, 0) is 24.3 Å². The van der Waals surface area contributed by atoms with E-state index in [4.69, 9.17) is 0 Å². The lowest BCUT2D eigenvalue weighted by atomic mass is 10.1. The van der Waals surface area contributed by atoms with Gasteiger partial charge in [0.05, 0.1) is 27.0 Å². The molecule has 0 aliphatic rings. The monoisotopic (exact) mass is 309 g/mol. The maximum Gasteiger partial charge on any atom is 0.125 e. The molecule has 0 aliphatic heterocycles. The summed E-state index contributed by atoms with van der Waals surface area (Å²) in [5.74, 6) is 0. The van der Waals surface area contributed by atoms with Gasteiger partial charge < -0.3 is 4.55 Å². The van der Waals surface area contributed by atoms with Crippen LogP contribution in [0.4, 0.5) is 0 Å². The Morgan fingerprint density at radius 3 is 2.18 bits per heavy atom. The minimum Gasteiger partial charge on any atom is -0.744 e. The molecule has 0 fully saturated rings. The third kappa shape index (κ3) is 1.93. The van der Waals surface area contributed by atoms with Crippen molar-refractivity contribution < 1.29 is 13.0 Å². The fourth-order valence-electron chi connectivity index (χ4n) is 2.63. The van der Waals surface area contributed by atoms with Crippen LogP contribution >= 0.6 is 0 Å². The van der Waals surface area contributed by atoms with Crippen LogP contribution in [-0.2, 0) is 10.1 Å². The average molecular weight is 309 g/mol. The molecule has 0 N–H and O–H groups in total. The van der Waals surface area contributed by atoms with E-state index in [-0.39, 0.29) is 4.90 Å². The molecule has 0 saturated heterocycles. The molecule has 4 aromatic rings. The van der Waals surface area contributed by atoms with Gasteiger partial charge in [-0.25, -0.2) is 18.4 Å². The largest absolute Gasteiger partial charge is 0.744 e. The van der Waals surface area contributed by atoms with Gasteiger partial charge in [-0.15, -0.1) is 0 Å². The average Bonchev–Trinajstić information content (AvgIpc) is 2.51. The fourth-order valence-corrected chi connectivity index (χ4v) is 3.32. The Bertz CT molecular complexity index is 1150. The molecule has 5 nitrogen and oxygen atoms in total. The lowest BCUT2D eigenvalue weighted by Gasteiger charge is -2.11. The van der Waals surface area contributed by atoms with Gasteiger partial charge in [-0.3, -0.25) is 0 Å². The molecule has 0 amide bonds. The minimum absolute atomic E-state index is 0.234. The minimum atomic E-state index is -4.54. The summed E-state index contributed by atoms with van der Waals surface area (Å²) in [5, 5.41) is 0.974. The highest BCUT2D eigenvalue weighted by Gasteiger charge is 2.11. The predicted octanol–water partition coefficient (Wildman–Crippen LogP) is 2.84. The number of hydrogen-bond donors (Lipinski definition) is 0. The Morgan fingerprint density at radius 1 is 0.727 bits per heavy atom. The predicted molar refractivity (Wildman–Crippen MR) is 82.5 cm³/mol. The second kappa shape index (κ2) is 4.46. The van der Waals surface area contributed by atoms with Crippen molar-refractivity contribution in [3.05, 3.63) is 54.6 Å². The molecule has 0 atom stereocenters. The summed E-state index contributed by atoms with van der Waals surface area (Å²) >= 11 is 0. The van der Waals surface area contributed by atoms with E-state index in [1.54, 1.807) is 24.3 Å². The molecule has 0 bridgehead atoms. The van der Waals surface area contributed by atoms with Crippen molar-refractivity contribution in [1.29, 1.82) is 0 Å². The topological polar surface area (TPSA) is 83.0 Å². The van der Waals surface area contributed by atoms with Crippen LogP contribution in [0.5, 0.6) is 0 Å². The molecular weight excluding hydrogens is 300 g/mol. The number of hydrogen-bond acceptors (Lipinski definition) is 5. The third-order valence-electron chi connectivity index (χ3n) is 3.60. The summed E-state index contributed by atoms with van der Waals surface area (Å²) in [6.45, 7) is 0. The van der Waals surface area contributed by atoms with Crippen molar-refractivity contribution in [2.24, 2.45) is 0 Å². The molecule has 3 aromatic carbocycles. The zero-order valence-electron chi connectivity index (χ0n) is 11.2. The Labute approximate surface area is 126 Å². The Balaban J connectivity index is 2.22. The number of aromatic nitrogens is 2. The van der Waals surface area contributed by atoms with Crippen LogP contribution in [0.3, 0.4) is 0 Å². The highest BCUT2D eigenvalue weighted by molar-refractivity contribution is 7.86. The highest BCUT2D eigenvalue weighted by Crippen LogP contribution is 2.29. The van der Waals surface area contributed by atoms with E-state index in [0.29, 0.717) is 21.8 Å². The Morgan fingerprint density at radius 2 is 1.45 bits per heavy atom. The van der Waals surface area contributed by atoms with Gasteiger partial charge in [0.25, 0.3) is 0 Å². The molecule has 6 heteroatoms. The molecule has 0 unspecified atom stereocenters. The van der Waals surface area contributed by atoms with Gasteiger partial charge in [0.2, 0.25) is 0 Å². The molecule has 108 valence electrons. The second-order valence-corrected chi connectivity index (χ2v) is 6.30. The molecule has 4 rings (SSSR count). The number of para-hydroxylation sites is 2. The normalized spacial score (nSPS) is 12.2. The summed E-state index contributed by atoms with van der Waals surface area (Å²) < 4.78 is 34.2. The second-order valence-electron chi connectivity index (χ2n) is 4.95. The summed E-state index contributed by atoms with van der Waals surface area (Å²) in [7, 11) is -4.54. The van der Waals surface area contributed by atoms with Crippen molar-refractivity contribution in [2.75, 3.05) is 0 Å². The van der Waals surface area contributed by atoms with E-state index >= 15 is 0 Å². The lowest BCUT2D eigenvalue weighted by Crippen LogP contribution is -2.00. The maximum absolute atomic E-state index is 11.4. The summed E-state index contributed by atoms with van der Waals surface area (Å²) in [5.41, 5.74) is 2.73. The van der Waals surface area contributed by atoms with Gasteiger partial charge in [-0.2, -0.15) is 0 Å². The molecular formula is C16H9N2O3S-. The Kier molecular flexibility index (Phi) is 2.66. The van der Waals surface area contributed by atoms with Gasteiger partial charge in [-0.1, -0.05) is 30.3 Å². The maximum atomic E-state index is 11.4. The van der Waals surface area contributed by atoms with Crippen molar-refractivity contribution in [3.63, 3.8) is 0 Å². The zero-order valence-corrected chi connectivity index (χ0v) is 12.0. The van der Waals surface area contributed by atoms with Crippen LogP contribution in [0.1, 0.15) is 0 Å². The van der Waals surface area contributed by atoms with E-state index in [1.807, 2.05) is 24.3 Å². The van der Waals surface area contributed by atoms with E-state index in [1.165, 1.54) is 6.07 Å². The number of rotatable bonds is 1. The quantitative estimate of drug-likeness (QED) is 0.307. The molecule has 1 aromatic heterocycles. The van der Waals surface area contributed by atoms with Crippen LogP contribution in [0.25, 0.3) is 32.8 Å². The van der Waals surface area contributed by atoms with E-state index in [2.05, 4.69) is 9.97 Å². The number of benzene rings is 3. The third-order valence-corrected chi connectivity index (χ3v) is 4.49. The molecule has 0 radical (unpaired) electrons. The summed E-state index contributed by atoms with van der Waals surface area (Å²) in [6, 6.07) is 15.3. The van der Waals surface area contributed by atoms with Crippen LogP contribution in [0.2, 0.25) is 0 Å². The fraction of sp³-hybridized carbons (Fsp3) is 0. The Hall–Kier alpha value is -2.57. The zero-order chi connectivity index (χ0) is 15.3. The van der Waals surface area contributed by atoms with Crippen molar-refractivity contribution in [3.8, 4) is 0 Å². The van der Waals surface area contributed by atoms with E-state index in [0.717, 1.165) is 11.0 Å².